The maximum atomic E-state index is 14.3. The van der Waals surface area contributed by atoms with Gasteiger partial charge in [0.05, 0.1) is 23.6 Å². The summed E-state index contributed by atoms with van der Waals surface area (Å²) < 4.78 is 60.0. The molecule has 0 unspecified atom stereocenters. The van der Waals surface area contributed by atoms with E-state index in [1.54, 1.807) is 24.3 Å². The van der Waals surface area contributed by atoms with Crippen LogP contribution in [0.5, 0.6) is 5.75 Å². The average Bonchev–Trinajstić information content (AvgIpc) is 3.17. The normalized spacial score (nSPS) is 11.4. The number of hydrogen-bond donors (Lipinski definition) is 0. The van der Waals surface area contributed by atoms with E-state index in [0.29, 0.717) is 17.4 Å². The largest absolute Gasteiger partial charge is 0.497 e. The molecule has 0 saturated carbocycles. The molecule has 10 heteroatoms. The van der Waals surface area contributed by atoms with E-state index in [0.717, 1.165) is 10.4 Å². The van der Waals surface area contributed by atoms with Gasteiger partial charge in [-0.05, 0) is 39.7 Å². The van der Waals surface area contributed by atoms with Crippen LogP contribution in [0.4, 0.5) is 14.6 Å². The van der Waals surface area contributed by atoms with Crippen LogP contribution in [0.15, 0.2) is 56.7 Å². The Balaban J connectivity index is 2.06. The Morgan fingerprint density at radius 1 is 1.19 bits per heavy atom. The lowest BCUT2D eigenvalue weighted by atomic mass is 10.2. The van der Waals surface area contributed by atoms with Crippen molar-refractivity contribution in [2.45, 2.75) is 11.4 Å². The molecule has 0 aliphatic heterocycles. The summed E-state index contributed by atoms with van der Waals surface area (Å²) in [4.78, 5) is 3.40. The predicted molar refractivity (Wildman–Crippen MR) is 103 cm³/mol. The van der Waals surface area contributed by atoms with E-state index < -0.39 is 26.6 Å². The van der Waals surface area contributed by atoms with Crippen LogP contribution in [0.3, 0.4) is 0 Å². The van der Waals surface area contributed by atoms with Gasteiger partial charge in [-0.3, -0.25) is 0 Å². The number of anilines is 1. The number of methoxy groups -OCH3 is 1. The van der Waals surface area contributed by atoms with E-state index in [9.17, 15) is 17.2 Å². The highest BCUT2D eigenvalue weighted by Gasteiger charge is 2.30. The smallest absolute Gasteiger partial charge is 0.268 e. The minimum Gasteiger partial charge on any atom is -0.497 e. The first-order valence-electron chi connectivity index (χ1n) is 7.51. The molecule has 1 heterocycles. The Morgan fingerprint density at radius 3 is 2.48 bits per heavy atom. The maximum Gasteiger partial charge on any atom is 0.268 e. The highest BCUT2D eigenvalue weighted by atomic mass is 79.9. The lowest BCUT2D eigenvalue weighted by Gasteiger charge is -2.23. The highest BCUT2D eigenvalue weighted by Crippen LogP contribution is 2.30. The number of halogens is 3. The molecule has 0 amide bonds. The van der Waals surface area contributed by atoms with Crippen molar-refractivity contribution in [3.63, 3.8) is 0 Å². The number of rotatable bonds is 6. The van der Waals surface area contributed by atoms with Crippen LogP contribution < -0.4 is 9.04 Å². The van der Waals surface area contributed by atoms with Crippen molar-refractivity contribution >= 4 is 43.1 Å². The Kier molecular flexibility index (Phi) is 5.78. The lowest BCUT2D eigenvalue weighted by Crippen LogP contribution is -2.31. The number of hydrogen-bond acceptors (Lipinski definition) is 5. The molecule has 0 spiro atoms. The Morgan fingerprint density at radius 2 is 1.89 bits per heavy atom. The van der Waals surface area contributed by atoms with E-state index in [1.807, 2.05) is 0 Å². The molecule has 0 bridgehead atoms. The predicted octanol–water partition coefficient (Wildman–Crippen LogP) is 4.59. The molecule has 3 rings (SSSR count). The number of sulfonamides is 1. The van der Waals surface area contributed by atoms with Gasteiger partial charge < -0.3 is 4.74 Å². The van der Waals surface area contributed by atoms with E-state index in [-0.39, 0.29) is 16.8 Å². The number of ether oxygens (including phenoxy) is 1. The van der Waals surface area contributed by atoms with Gasteiger partial charge in [0.15, 0.2) is 5.82 Å². The number of aromatic nitrogens is 1. The van der Waals surface area contributed by atoms with Crippen LogP contribution in [-0.2, 0) is 16.6 Å². The maximum absolute atomic E-state index is 14.3. The number of benzene rings is 2. The van der Waals surface area contributed by atoms with Crippen LogP contribution in [-0.4, -0.2) is 20.5 Å². The van der Waals surface area contributed by atoms with Crippen molar-refractivity contribution in [2.24, 2.45) is 0 Å². The second-order valence-corrected chi connectivity index (χ2v) is 8.81. The monoisotopic (exact) mass is 474 g/mol. The first kappa shape index (κ1) is 19.7. The van der Waals surface area contributed by atoms with Crippen LogP contribution in [0.1, 0.15) is 5.56 Å². The van der Waals surface area contributed by atoms with E-state index in [1.165, 1.54) is 29.3 Å². The molecule has 5 nitrogen and oxygen atoms in total. The summed E-state index contributed by atoms with van der Waals surface area (Å²) in [5, 5.41) is 1.54. The van der Waals surface area contributed by atoms with Gasteiger partial charge in [-0.1, -0.05) is 12.1 Å². The SMILES string of the molecule is COc1ccc(CN(c2cscn2)S(=O)(=O)c2cc(Br)c(F)cc2F)cc1. The van der Waals surface area contributed by atoms with E-state index >= 15 is 0 Å². The summed E-state index contributed by atoms with van der Waals surface area (Å²) in [6, 6.07) is 8.22. The number of thiazole rings is 1. The Bertz CT molecular complexity index is 1040. The third kappa shape index (κ3) is 4.12. The van der Waals surface area contributed by atoms with Crippen molar-refractivity contribution in [3.05, 3.63) is 69.0 Å². The minimum atomic E-state index is -4.33. The zero-order valence-corrected chi connectivity index (χ0v) is 17.1. The topological polar surface area (TPSA) is 59.5 Å². The molecule has 1 aromatic heterocycles. The van der Waals surface area contributed by atoms with Crippen LogP contribution in [0, 0.1) is 11.6 Å². The fourth-order valence-electron chi connectivity index (χ4n) is 2.34. The quantitative estimate of drug-likeness (QED) is 0.490. The molecule has 0 aliphatic carbocycles. The summed E-state index contributed by atoms with van der Waals surface area (Å²) in [5.41, 5.74) is 2.12. The minimum absolute atomic E-state index is 0.0789. The van der Waals surface area contributed by atoms with Gasteiger partial charge in [-0.15, -0.1) is 11.3 Å². The van der Waals surface area contributed by atoms with Gasteiger partial charge in [0.1, 0.15) is 22.3 Å². The second-order valence-electron chi connectivity index (χ2n) is 5.40. The molecule has 3 aromatic rings. The van der Waals surface area contributed by atoms with Crippen LogP contribution in [0.25, 0.3) is 0 Å². The zero-order chi connectivity index (χ0) is 19.6. The average molecular weight is 475 g/mol. The first-order chi connectivity index (χ1) is 12.8. The molecule has 0 fully saturated rings. The first-order valence-corrected chi connectivity index (χ1v) is 10.7. The Hall–Kier alpha value is -2.04. The second kappa shape index (κ2) is 7.91. The van der Waals surface area contributed by atoms with Crippen molar-refractivity contribution in [2.75, 3.05) is 11.4 Å². The molecule has 2 aromatic carbocycles. The molecular formula is C17H13BrF2N2O3S2. The summed E-state index contributed by atoms with van der Waals surface area (Å²) in [7, 11) is -2.81. The Labute approximate surface area is 167 Å². The molecule has 0 aliphatic rings. The fourth-order valence-corrected chi connectivity index (χ4v) is 4.91. The highest BCUT2D eigenvalue weighted by molar-refractivity contribution is 9.10. The lowest BCUT2D eigenvalue weighted by molar-refractivity contribution is 0.414. The molecule has 0 atom stereocenters. The summed E-state index contributed by atoms with van der Waals surface area (Å²) in [6.07, 6.45) is 0. The molecular weight excluding hydrogens is 462 g/mol. The van der Waals surface area contributed by atoms with Gasteiger partial charge in [0.25, 0.3) is 10.0 Å². The standard InChI is InChI=1S/C17H13BrF2N2O3S2/c1-25-12-4-2-11(3-5-12)8-22(17-9-26-10-21-17)27(23,24)16-6-13(18)14(19)7-15(16)20/h2-7,9-10H,8H2,1H3. The van der Waals surface area contributed by atoms with Gasteiger partial charge in [0.2, 0.25) is 0 Å². The number of nitrogens with zero attached hydrogens (tertiary/aromatic N) is 2. The molecule has 0 saturated heterocycles. The fraction of sp³-hybridized carbons (Fsp3) is 0.118. The van der Waals surface area contributed by atoms with E-state index in [4.69, 9.17) is 4.74 Å². The van der Waals surface area contributed by atoms with Crippen molar-refractivity contribution in [3.8, 4) is 5.75 Å². The third-order valence-electron chi connectivity index (χ3n) is 3.70. The molecule has 142 valence electrons. The molecule has 27 heavy (non-hydrogen) atoms. The van der Waals surface area contributed by atoms with Crippen molar-refractivity contribution in [1.82, 2.24) is 4.98 Å². The zero-order valence-electron chi connectivity index (χ0n) is 13.9. The van der Waals surface area contributed by atoms with Crippen molar-refractivity contribution < 1.29 is 21.9 Å². The molecule has 0 radical (unpaired) electrons. The summed E-state index contributed by atoms with van der Waals surface area (Å²) >= 11 is 4.11. The van der Waals surface area contributed by atoms with E-state index in [2.05, 4.69) is 20.9 Å². The van der Waals surface area contributed by atoms with Gasteiger partial charge in [-0.2, -0.15) is 0 Å². The van der Waals surface area contributed by atoms with Gasteiger partial charge in [-0.25, -0.2) is 26.5 Å². The summed E-state index contributed by atoms with van der Waals surface area (Å²) in [6.45, 7) is -0.0789. The van der Waals surface area contributed by atoms with Crippen LogP contribution >= 0.6 is 27.3 Å². The third-order valence-corrected chi connectivity index (χ3v) is 6.65. The van der Waals surface area contributed by atoms with Gasteiger partial charge >= 0.3 is 0 Å². The van der Waals surface area contributed by atoms with Gasteiger partial charge in [0, 0.05) is 11.4 Å². The summed E-state index contributed by atoms with van der Waals surface area (Å²) in [5.74, 6) is -1.29. The van der Waals surface area contributed by atoms with Crippen molar-refractivity contribution in [1.29, 1.82) is 0 Å². The molecule has 0 N–H and O–H groups in total. The van der Waals surface area contributed by atoms with Crippen LogP contribution in [0.2, 0.25) is 0 Å².